The summed E-state index contributed by atoms with van der Waals surface area (Å²) in [5.74, 6) is 1.74. The molecule has 0 radical (unpaired) electrons. The van der Waals surface area contributed by atoms with Crippen LogP contribution in [0.15, 0.2) is 24.3 Å². The lowest BCUT2D eigenvalue weighted by molar-refractivity contribution is 0.513. The van der Waals surface area contributed by atoms with Gasteiger partial charge in [0.25, 0.3) is 0 Å². The van der Waals surface area contributed by atoms with Crippen molar-refractivity contribution < 1.29 is 0 Å². The number of hydrogen-bond donors (Lipinski definition) is 0. The summed E-state index contributed by atoms with van der Waals surface area (Å²) in [6, 6.07) is 9.20. The van der Waals surface area contributed by atoms with E-state index in [0.717, 1.165) is 11.8 Å². The third-order valence-electron chi connectivity index (χ3n) is 5.57. The van der Waals surface area contributed by atoms with Crippen molar-refractivity contribution in [2.45, 2.75) is 118 Å². The fourth-order valence-electron chi connectivity index (χ4n) is 3.84. The van der Waals surface area contributed by atoms with Gasteiger partial charge in [-0.25, -0.2) is 0 Å². The monoisotopic (exact) mass is 358 g/mol. The average molecular weight is 359 g/mol. The van der Waals surface area contributed by atoms with Crippen LogP contribution in [0.3, 0.4) is 0 Å². The van der Waals surface area contributed by atoms with Crippen molar-refractivity contribution in [2.75, 3.05) is 0 Å². The molecule has 1 aromatic rings. The van der Waals surface area contributed by atoms with E-state index in [0.29, 0.717) is 0 Å². The van der Waals surface area contributed by atoms with Crippen LogP contribution in [0.25, 0.3) is 0 Å². The molecule has 0 nitrogen and oxygen atoms in total. The first kappa shape index (κ1) is 23.3. The number of unbranched alkanes of at least 4 members (excludes halogenated alkanes) is 8. The molecule has 0 aliphatic rings. The highest BCUT2D eigenvalue weighted by Crippen LogP contribution is 2.18. The van der Waals surface area contributed by atoms with Crippen molar-refractivity contribution in [3.8, 4) is 0 Å². The van der Waals surface area contributed by atoms with Crippen LogP contribution in [0.5, 0.6) is 0 Å². The average Bonchev–Trinajstić information content (AvgIpc) is 2.60. The Labute approximate surface area is 165 Å². The Hall–Kier alpha value is -0.780. The Morgan fingerprint density at radius 3 is 1.23 bits per heavy atom. The van der Waals surface area contributed by atoms with E-state index in [9.17, 15) is 0 Å². The predicted octanol–water partition coefficient (Wildman–Crippen LogP) is 8.76. The van der Waals surface area contributed by atoms with Gasteiger partial charge in [0, 0.05) is 0 Å². The maximum atomic E-state index is 2.37. The Bertz CT molecular complexity index is 388. The summed E-state index contributed by atoms with van der Waals surface area (Å²) >= 11 is 0. The minimum Gasteiger partial charge on any atom is -0.0628 e. The maximum Gasteiger partial charge on any atom is -0.0276 e. The molecule has 0 fully saturated rings. The van der Waals surface area contributed by atoms with Gasteiger partial charge in [0.2, 0.25) is 0 Å². The van der Waals surface area contributed by atoms with Gasteiger partial charge >= 0.3 is 0 Å². The maximum absolute atomic E-state index is 2.37. The summed E-state index contributed by atoms with van der Waals surface area (Å²) in [5, 5.41) is 0. The van der Waals surface area contributed by atoms with Gasteiger partial charge in [-0.1, -0.05) is 116 Å². The Morgan fingerprint density at radius 1 is 0.500 bits per heavy atom. The zero-order valence-electron chi connectivity index (χ0n) is 18.4. The van der Waals surface area contributed by atoms with Crippen molar-refractivity contribution in [3.63, 3.8) is 0 Å². The Balaban J connectivity index is 2.13. The lowest BCUT2D eigenvalue weighted by atomic mass is 9.96. The van der Waals surface area contributed by atoms with Crippen molar-refractivity contribution in [1.29, 1.82) is 0 Å². The van der Waals surface area contributed by atoms with Gasteiger partial charge in [0.1, 0.15) is 0 Å². The highest BCUT2D eigenvalue weighted by molar-refractivity contribution is 5.27. The van der Waals surface area contributed by atoms with E-state index in [1.807, 2.05) is 0 Å². The molecule has 1 aromatic carbocycles. The molecule has 0 saturated carbocycles. The van der Waals surface area contributed by atoms with E-state index < -0.39 is 0 Å². The second-order valence-electron chi connectivity index (χ2n) is 9.17. The van der Waals surface area contributed by atoms with Gasteiger partial charge in [0.15, 0.2) is 0 Å². The summed E-state index contributed by atoms with van der Waals surface area (Å²) in [7, 11) is 0. The first-order valence-corrected chi connectivity index (χ1v) is 11.7. The molecule has 0 aromatic heterocycles. The van der Waals surface area contributed by atoms with Crippen LogP contribution in [0, 0.1) is 11.8 Å². The normalized spacial score (nSPS) is 11.6. The number of aryl methyl sites for hydroxylation is 2. The Morgan fingerprint density at radius 2 is 0.846 bits per heavy atom. The minimum atomic E-state index is 0.872. The predicted molar refractivity (Wildman–Crippen MR) is 119 cm³/mol. The van der Waals surface area contributed by atoms with Crippen molar-refractivity contribution >= 4 is 0 Å². The molecule has 0 N–H and O–H groups in total. The molecule has 1 rings (SSSR count). The Kier molecular flexibility index (Phi) is 13.7. The van der Waals surface area contributed by atoms with Crippen LogP contribution in [0.1, 0.15) is 116 Å². The quantitative estimate of drug-likeness (QED) is 0.259. The number of benzene rings is 1. The first-order valence-electron chi connectivity index (χ1n) is 11.7. The largest absolute Gasteiger partial charge is 0.0628 e. The standard InChI is InChI=1S/C26H46/c1-23(2)17-11-7-5-9-13-19-25-21-15-16-22-26(25)20-14-10-6-8-12-18-24(3)4/h15-16,21-24H,5-14,17-20H2,1-4H3. The van der Waals surface area contributed by atoms with Gasteiger partial charge < -0.3 is 0 Å². The van der Waals surface area contributed by atoms with Crippen LogP contribution in [-0.4, -0.2) is 0 Å². The van der Waals surface area contributed by atoms with Gasteiger partial charge in [-0.05, 0) is 48.6 Å². The smallest absolute Gasteiger partial charge is 0.0276 e. The summed E-state index contributed by atoms with van der Waals surface area (Å²) in [6.07, 6.45) is 19.5. The van der Waals surface area contributed by atoms with Gasteiger partial charge in [-0.3, -0.25) is 0 Å². The molecule has 26 heavy (non-hydrogen) atoms. The molecule has 0 spiro atoms. The fourth-order valence-corrected chi connectivity index (χ4v) is 3.84. The zero-order valence-corrected chi connectivity index (χ0v) is 18.4. The van der Waals surface area contributed by atoms with E-state index in [2.05, 4.69) is 52.0 Å². The molecule has 0 bridgehead atoms. The molecule has 0 saturated heterocycles. The lowest BCUT2D eigenvalue weighted by Crippen LogP contribution is -1.95. The van der Waals surface area contributed by atoms with Gasteiger partial charge in [0.05, 0.1) is 0 Å². The van der Waals surface area contributed by atoms with Crippen LogP contribution >= 0.6 is 0 Å². The summed E-state index contributed by atoms with van der Waals surface area (Å²) < 4.78 is 0. The second-order valence-corrected chi connectivity index (χ2v) is 9.17. The van der Waals surface area contributed by atoms with Gasteiger partial charge in [-0.15, -0.1) is 0 Å². The third kappa shape index (κ3) is 12.6. The van der Waals surface area contributed by atoms with E-state index in [1.165, 1.54) is 89.9 Å². The highest BCUT2D eigenvalue weighted by Gasteiger charge is 2.03. The summed E-state index contributed by atoms with van der Waals surface area (Å²) in [5.41, 5.74) is 3.24. The fraction of sp³-hybridized carbons (Fsp3) is 0.769. The molecule has 0 amide bonds. The molecular weight excluding hydrogens is 312 g/mol. The van der Waals surface area contributed by atoms with Crippen molar-refractivity contribution in [1.82, 2.24) is 0 Å². The molecule has 0 aliphatic carbocycles. The molecule has 0 unspecified atom stereocenters. The molecule has 0 aliphatic heterocycles. The molecule has 0 atom stereocenters. The van der Waals surface area contributed by atoms with Crippen molar-refractivity contribution in [2.24, 2.45) is 11.8 Å². The van der Waals surface area contributed by atoms with E-state index in [1.54, 1.807) is 11.1 Å². The van der Waals surface area contributed by atoms with Crippen LogP contribution in [0.4, 0.5) is 0 Å². The van der Waals surface area contributed by atoms with Crippen LogP contribution in [-0.2, 0) is 12.8 Å². The van der Waals surface area contributed by atoms with E-state index in [4.69, 9.17) is 0 Å². The van der Waals surface area contributed by atoms with Crippen molar-refractivity contribution in [3.05, 3.63) is 35.4 Å². The third-order valence-corrected chi connectivity index (χ3v) is 5.57. The molecule has 0 heteroatoms. The summed E-state index contributed by atoms with van der Waals surface area (Å²) in [4.78, 5) is 0. The van der Waals surface area contributed by atoms with E-state index >= 15 is 0 Å². The molecular formula is C26H46. The second kappa shape index (κ2) is 15.3. The number of rotatable bonds is 16. The molecule has 0 heterocycles. The topological polar surface area (TPSA) is 0 Å². The van der Waals surface area contributed by atoms with Crippen LogP contribution < -0.4 is 0 Å². The first-order chi connectivity index (χ1) is 12.6. The zero-order chi connectivity index (χ0) is 19.0. The summed E-state index contributed by atoms with van der Waals surface area (Å²) in [6.45, 7) is 9.34. The minimum absolute atomic E-state index is 0.872. The SMILES string of the molecule is CC(C)CCCCCCCc1ccccc1CCCCCCCC(C)C. The number of hydrogen-bond acceptors (Lipinski definition) is 0. The van der Waals surface area contributed by atoms with Gasteiger partial charge in [-0.2, -0.15) is 0 Å². The lowest BCUT2D eigenvalue weighted by Gasteiger charge is -2.10. The molecule has 150 valence electrons. The van der Waals surface area contributed by atoms with E-state index in [-0.39, 0.29) is 0 Å². The highest BCUT2D eigenvalue weighted by atomic mass is 14.1. The van der Waals surface area contributed by atoms with Crippen LogP contribution in [0.2, 0.25) is 0 Å².